The van der Waals surface area contributed by atoms with Gasteiger partial charge in [0, 0.05) is 6.04 Å². The van der Waals surface area contributed by atoms with Gasteiger partial charge in [-0.3, -0.25) is 9.59 Å². The van der Waals surface area contributed by atoms with Crippen LogP contribution in [-0.4, -0.2) is 25.0 Å². The largest absolute Gasteiger partial charge is 0.495 e. The molecular formula is C18H26N2O3. The Labute approximate surface area is 137 Å². The first-order chi connectivity index (χ1) is 10.9. The van der Waals surface area contributed by atoms with Gasteiger partial charge in [-0.05, 0) is 38.8 Å². The van der Waals surface area contributed by atoms with Crippen molar-refractivity contribution in [3.05, 3.63) is 24.3 Å². The van der Waals surface area contributed by atoms with E-state index in [1.165, 1.54) is 6.42 Å². The maximum atomic E-state index is 12.6. The summed E-state index contributed by atoms with van der Waals surface area (Å²) in [6.07, 6.45) is 5.49. The average molecular weight is 318 g/mol. The molecule has 0 atom stereocenters. The maximum absolute atomic E-state index is 12.6. The van der Waals surface area contributed by atoms with Crippen LogP contribution < -0.4 is 15.4 Å². The Bertz CT molecular complexity index is 563. The zero-order chi connectivity index (χ0) is 16.9. The van der Waals surface area contributed by atoms with Gasteiger partial charge in [0.1, 0.15) is 11.2 Å². The summed E-state index contributed by atoms with van der Waals surface area (Å²) in [5.74, 6) is 0.0106. The minimum absolute atomic E-state index is 0.189. The van der Waals surface area contributed by atoms with E-state index in [0.717, 1.165) is 25.7 Å². The molecule has 1 aromatic carbocycles. The van der Waals surface area contributed by atoms with Gasteiger partial charge in [0.05, 0.1) is 12.8 Å². The number of hydrogen-bond donors (Lipinski definition) is 2. The third-order valence-electron chi connectivity index (χ3n) is 4.43. The van der Waals surface area contributed by atoms with Crippen LogP contribution >= 0.6 is 0 Å². The second-order valence-corrected chi connectivity index (χ2v) is 6.59. The van der Waals surface area contributed by atoms with Crippen molar-refractivity contribution in [2.75, 3.05) is 12.4 Å². The fourth-order valence-electron chi connectivity index (χ4n) is 2.74. The molecule has 2 rings (SSSR count). The molecule has 1 fully saturated rings. The van der Waals surface area contributed by atoms with Crippen molar-refractivity contribution in [3.63, 3.8) is 0 Å². The molecule has 1 aliphatic rings. The van der Waals surface area contributed by atoms with Gasteiger partial charge < -0.3 is 15.4 Å². The first kappa shape index (κ1) is 17.3. The highest BCUT2D eigenvalue weighted by Crippen LogP contribution is 2.27. The van der Waals surface area contributed by atoms with E-state index in [1.54, 1.807) is 33.1 Å². The molecule has 5 heteroatoms. The molecule has 0 aromatic heterocycles. The molecule has 23 heavy (non-hydrogen) atoms. The van der Waals surface area contributed by atoms with Crippen LogP contribution in [0, 0.1) is 5.41 Å². The van der Waals surface area contributed by atoms with Crippen LogP contribution in [0.1, 0.15) is 46.0 Å². The van der Waals surface area contributed by atoms with Crippen LogP contribution in [0.4, 0.5) is 5.69 Å². The quantitative estimate of drug-likeness (QED) is 0.820. The van der Waals surface area contributed by atoms with Crippen LogP contribution in [0.2, 0.25) is 0 Å². The summed E-state index contributed by atoms with van der Waals surface area (Å²) in [5, 5.41) is 5.82. The number of anilines is 1. The van der Waals surface area contributed by atoms with Gasteiger partial charge in [-0.25, -0.2) is 0 Å². The Kier molecular flexibility index (Phi) is 5.64. The number of benzene rings is 1. The lowest BCUT2D eigenvalue weighted by molar-refractivity contribution is -0.139. The highest BCUT2D eigenvalue weighted by molar-refractivity contribution is 6.10. The predicted octanol–water partition coefficient (Wildman–Crippen LogP) is 3.11. The summed E-state index contributed by atoms with van der Waals surface area (Å²) >= 11 is 0. The third kappa shape index (κ3) is 4.24. The lowest BCUT2D eigenvalue weighted by Gasteiger charge is -2.28. The third-order valence-corrected chi connectivity index (χ3v) is 4.43. The number of ether oxygens (including phenoxy) is 1. The van der Waals surface area contributed by atoms with Crippen LogP contribution in [0.25, 0.3) is 0 Å². The molecule has 0 aliphatic heterocycles. The van der Waals surface area contributed by atoms with E-state index in [9.17, 15) is 9.59 Å². The van der Waals surface area contributed by atoms with E-state index in [4.69, 9.17) is 4.74 Å². The van der Waals surface area contributed by atoms with Gasteiger partial charge >= 0.3 is 0 Å². The van der Waals surface area contributed by atoms with Crippen molar-refractivity contribution in [3.8, 4) is 5.75 Å². The van der Waals surface area contributed by atoms with E-state index >= 15 is 0 Å². The first-order valence-corrected chi connectivity index (χ1v) is 8.20. The number of carbonyl (C=O) groups excluding carboxylic acids is 2. The molecule has 1 aromatic rings. The molecule has 0 bridgehead atoms. The van der Waals surface area contributed by atoms with E-state index in [-0.39, 0.29) is 17.9 Å². The van der Waals surface area contributed by atoms with Crippen molar-refractivity contribution in [1.82, 2.24) is 5.32 Å². The summed E-state index contributed by atoms with van der Waals surface area (Å²) < 4.78 is 5.23. The van der Waals surface area contributed by atoms with E-state index in [2.05, 4.69) is 10.6 Å². The SMILES string of the molecule is COc1ccccc1NC(=O)C(C)(C)C(=O)NC1CCCCC1. The van der Waals surface area contributed by atoms with Gasteiger partial charge in [-0.2, -0.15) is 0 Å². The number of nitrogens with one attached hydrogen (secondary N) is 2. The van der Waals surface area contributed by atoms with Crippen LogP contribution in [0.5, 0.6) is 5.75 Å². The molecule has 0 spiro atoms. The van der Waals surface area contributed by atoms with Crippen LogP contribution in [0.15, 0.2) is 24.3 Å². The molecule has 0 radical (unpaired) electrons. The molecule has 0 saturated heterocycles. The van der Waals surface area contributed by atoms with Gasteiger partial charge in [-0.1, -0.05) is 31.4 Å². The zero-order valence-corrected chi connectivity index (χ0v) is 14.1. The monoisotopic (exact) mass is 318 g/mol. The summed E-state index contributed by atoms with van der Waals surface area (Å²) in [6, 6.07) is 7.36. The molecule has 5 nitrogen and oxygen atoms in total. The van der Waals surface area contributed by atoms with Gasteiger partial charge in [0.15, 0.2) is 0 Å². The Morgan fingerprint density at radius 1 is 1.09 bits per heavy atom. The standard InChI is InChI=1S/C18H26N2O3/c1-18(2,16(21)19-13-9-5-4-6-10-13)17(22)20-14-11-7-8-12-15(14)23-3/h7-8,11-13H,4-6,9-10H2,1-3H3,(H,19,21)(H,20,22). The molecule has 1 saturated carbocycles. The molecule has 0 unspecified atom stereocenters. The Hall–Kier alpha value is -2.04. The summed E-state index contributed by atoms with van der Waals surface area (Å²) in [5.41, 5.74) is -0.572. The van der Waals surface area contributed by atoms with Crippen molar-refractivity contribution in [2.45, 2.75) is 52.0 Å². The normalized spacial score (nSPS) is 15.8. The number of hydrogen-bond acceptors (Lipinski definition) is 3. The molecular weight excluding hydrogens is 292 g/mol. The second-order valence-electron chi connectivity index (χ2n) is 6.59. The number of rotatable bonds is 5. The Balaban J connectivity index is 2.02. The van der Waals surface area contributed by atoms with Crippen molar-refractivity contribution in [1.29, 1.82) is 0 Å². The summed E-state index contributed by atoms with van der Waals surface area (Å²) in [6.45, 7) is 3.30. The molecule has 2 amide bonds. The van der Waals surface area contributed by atoms with Crippen LogP contribution in [-0.2, 0) is 9.59 Å². The maximum Gasteiger partial charge on any atom is 0.239 e. The fourth-order valence-corrected chi connectivity index (χ4v) is 2.74. The fraction of sp³-hybridized carbons (Fsp3) is 0.556. The first-order valence-electron chi connectivity index (χ1n) is 8.20. The molecule has 2 N–H and O–H groups in total. The van der Waals surface area contributed by atoms with E-state index in [1.807, 2.05) is 12.1 Å². The summed E-state index contributed by atoms with van der Waals surface area (Å²) in [4.78, 5) is 25.1. The predicted molar refractivity (Wildman–Crippen MR) is 90.4 cm³/mol. The van der Waals surface area contributed by atoms with Gasteiger partial charge in [0.25, 0.3) is 0 Å². The minimum atomic E-state index is -1.14. The van der Waals surface area contributed by atoms with Crippen molar-refractivity contribution < 1.29 is 14.3 Å². The number of carbonyl (C=O) groups is 2. The molecule has 1 aliphatic carbocycles. The van der Waals surface area contributed by atoms with Gasteiger partial charge in [-0.15, -0.1) is 0 Å². The lowest BCUT2D eigenvalue weighted by Crippen LogP contribution is -2.49. The van der Waals surface area contributed by atoms with E-state index in [0.29, 0.717) is 11.4 Å². The smallest absolute Gasteiger partial charge is 0.239 e. The van der Waals surface area contributed by atoms with E-state index < -0.39 is 5.41 Å². The van der Waals surface area contributed by atoms with Crippen LogP contribution in [0.3, 0.4) is 0 Å². The minimum Gasteiger partial charge on any atom is -0.495 e. The Morgan fingerprint density at radius 2 is 1.74 bits per heavy atom. The highest BCUT2D eigenvalue weighted by Gasteiger charge is 2.37. The molecule has 126 valence electrons. The highest BCUT2D eigenvalue weighted by atomic mass is 16.5. The van der Waals surface area contributed by atoms with Crippen molar-refractivity contribution in [2.24, 2.45) is 5.41 Å². The van der Waals surface area contributed by atoms with Crippen molar-refractivity contribution >= 4 is 17.5 Å². The number of amides is 2. The second kappa shape index (κ2) is 7.49. The zero-order valence-electron chi connectivity index (χ0n) is 14.1. The number of methoxy groups -OCH3 is 1. The molecule has 0 heterocycles. The van der Waals surface area contributed by atoms with Gasteiger partial charge in [0.2, 0.25) is 11.8 Å². The average Bonchev–Trinajstić information content (AvgIpc) is 2.56. The summed E-state index contributed by atoms with van der Waals surface area (Å²) in [7, 11) is 1.55. The Morgan fingerprint density at radius 3 is 2.39 bits per heavy atom. The topological polar surface area (TPSA) is 67.4 Å². The number of para-hydroxylation sites is 2. The lowest BCUT2D eigenvalue weighted by atomic mass is 9.88.